The number of nitrogens with zero attached hydrogens (tertiary/aromatic N) is 2. The van der Waals surface area contributed by atoms with Crippen LogP contribution in [0.4, 0.5) is 0 Å². The summed E-state index contributed by atoms with van der Waals surface area (Å²) in [6, 6.07) is 23.6. The number of fused-ring (bicyclic) bond motifs is 3. The van der Waals surface area contributed by atoms with Crippen LogP contribution in [0.3, 0.4) is 0 Å². The molecule has 0 saturated heterocycles. The van der Waals surface area contributed by atoms with E-state index in [1.165, 1.54) is 22.3 Å². The lowest BCUT2D eigenvalue weighted by molar-refractivity contribution is 0.843. The minimum atomic E-state index is 0.447. The molecular weight excluding hydrogens is 340 g/mol. The highest BCUT2D eigenvalue weighted by Crippen LogP contribution is 2.36. The second kappa shape index (κ2) is 7.55. The first-order chi connectivity index (χ1) is 13.6. The van der Waals surface area contributed by atoms with Gasteiger partial charge in [-0.3, -0.25) is 0 Å². The van der Waals surface area contributed by atoms with E-state index < -0.39 is 0 Å². The summed E-state index contributed by atoms with van der Waals surface area (Å²) in [7, 11) is 0. The third-order valence-corrected chi connectivity index (χ3v) is 5.41. The van der Waals surface area contributed by atoms with E-state index in [0.29, 0.717) is 11.8 Å². The smallest absolute Gasteiger partial charge is 0.101 e. The molecule has 0 unspecified atom stereocenters. The van der Waals surface area contributed by atoms with Crippen LogP contribution in [0.15, 0.2) is 76.9 Å². The predicted octanol–water partition coefficient (Wildman–Crippen LogP) is 6.79. The molecule has 2 heteroatoms. The normalized spacial score (nSPS) is 12.7. The van der Waals surface area contributed by atoms with Gasteiger partial charge in [-0.25, -0.2) is 0 Å². The second-order valence-corrected chi connectivity index (χ2v) is 7.98. The molecule has 0 fully saturated rings. The van der Waals surface area contributed by atoms with Gasteiger partial charge in [0.05, 0.1) is 6.21 Å². The Kier molecular flexibility index (Phi) is 4.95. The Hall–Kier alpha value is -3.00. The highest BCUT2D eigenvalue weighted by Gasteiger charge is 2.23. The van der Waals surface area contributed by atoms with Crippen molar-refractivity contribution in [1.29, 1.82) is 0 Å². The fourth-order valence-electron chi connectivity index (χ4n) is 3.84. The highest BCUT2D eigenvalue weighted by molar-refractivity contribution is 6.24. The molecule has 2 nitrogen and oxygen atoms in total. The van der Waals surface area contributed by atoms with E-state index in [1.54, 1.807) is 0 Å². The standard InChI is InChI=1S/C26H26N2/c1-17(2)19-13-14-21(18(3)4)20(15-19)16-27-28-26-24-11-7-5-9-22(24)23-10-6-8-12-25(23)26/h5-18H,1-4H3/b27-16+. The zero-order valence-electron chi connectivity index (χ0n) is 17.0. The molecule has 0 heterocycles. The van der Waals surface area contributed by atoms with Crippen LogP contribution in [0.2, 0.25) is 0 Å². The van der Waals surface area contributed by atoms with Crippen molar-refractivity contribution in [3.05, 3.63) is 94.5 Å². The van der Waals surface area contributed by atoms with E-state index in [0.717, 1.165) is 22.4 Å². The third kappa shape index (κ3) is 3.31. The van der Waals surface area contributed by atoms with Crippen molar-refractivity contribution in [2.75, 3.05) is 0 Å². The number of rotatable bonds is 4. The summed E-state index contributed by atoms with van der Waals surface area (Å²) in [5.74, 6) is 0.941. The second-order valence-electron chi connectivity index (χ2n) is 7.98. The molecule has 0 spiro atoms. The van der Waals surface area contributed by atoms with E-state index >= 15 is 0 Å². The molecule has 0 atom stereocenters. The van der Waals surface area contributed by atoms with Crippen LogP contribution in [0.1, 0.15) is 67.3 Å². The fourth-order valence-corrected chi connectivity index (χ4v) is 3.84. The Morgan fingerprint density at radius 3 is 1.79 bits per heavy atom. The average Bonchev–Trinajstić information content (AvgIpc) is 3.02. The predicted molar refractivity (Wildman–Crippen MR) is 120 cm³/mol. The molecule has 0 saturated carbocycles. The van der Waals surface area contributed by atoms with Gasteiger partial charge in [0.25, 0.3) is 0 Å². The van der Waals surface area contributed by atoms with E-state index in [9.17, 15) is 0 Å². The molecule has 0 aromatic heterocycles. The SMILES string of the molecule is CC(C)c1ccc(C(C)C)c(/C=N/N=C2c3ccccc3-c3ccccc32)c1. The van der Waals surface area contributed by atoms with Crippen LogP contribution >= 0.6 is 0 Å². The summed E-state index contributed by atoms with van der Waals surface area (Å²) in [6.07, 6.45) is 1.91. The van der Waals surface area contributed by atoms with Gasteiger partial charge in [0, 0.05) is 11.1 Å². The van der Waals surface area contributed by atoms with Crippen molar-refractivity contribution in [1.82, 2.24) is 0 Å². The first-order valence-corrected chi connectivity index (χ1v) is 10.00. The first-order valence-electron chi connectivity index (χ1n) is 10.00. The maximum atomic E-state index is 4.66. The monoisotopic (exact) mass is 366 g/mol. The third-order valence-electron chi connectivity index (χ3n) is 5.41. The Labute approximate surface area is 167 Å². The molecule has 1 aliphatic carbocycles. The summed E-state index contributed by atoms with van der Waals surface area (Å²) in [6.45, 7) is 8.88. The lowest BCUT2D eigenvalue weighted by Gasteiger charge is -2.13. The van der Waals surface area contributed by atoms with Crippen molar-refractivity contribution < 1.29 is 0 Å². The number of hydrogen-bond donors (Lipinski definition) is 0. The zero-order valence-corrected chi connectivity index (χ0v) is 17.0. The maximum absolute atomic E-state index is 4.66. The minimum Gasteiger partial charge on any atom is -0.158 e. The van der Waals surface area contributed by atoms with Crippen molar-refractivity contribution in [2.24, 2.45) is 10.2 Å². The van der Waals surface area contributed by atoms with Crippen LogP contribution in [0.5, 0.6) is 0 Å². The van der Waals surface area contributed by atoms with Gasteiger partial charge >= 0.3 is 0 Å². The Bertz CT molecular complexity index is 1020. The molecule has 1 aliphatic rings. The molecule has 4 rings (SSSR count). The molecule has 28 heavy (non-hydrogen) atoms. The van der Waals surface area contributed by atoms with Crippen LogP contribution in [0.25, 0.3) is 11.1 Å². The molecule has 0 radical (unpaired) electrons. The van der Waals surface area contributed by atoms with Crippen molar-refractivity contribution in [3.8, 4) is 11.1 Å². The summed E-state index contributed by atoms with van der Waals surface area (Å²) >= 11 is 0. The number of benzene rings is 3. The molecule has 3 aromatic rings. The van der Waals surface area contributed by atoms with Gasteiger partial charge in [-0.15, -0.1) is 5.10 Å². The molecule has 0 aliphatic heterocycles. The molecule has 140 valence electrons. The Morgan fingerprint density at radius 2 is 1.25 bits per heavy atom. The Morgan fingerprint density at radius 1 is 0.679 bits per heavy atom. The van der Waals surface area contributed by atoms with Crippen LogP contribution in [0, 0.1) is 0 Å². The largest absolute Gasteiger partial charge is 0.158 e. The summed E-state index contributed by atoms with van der Waals surface area (Å²) < 4.78 is 0. The van der Waals surface area contributed by atoms with Gasteiger partial charge in [0.2, 0.25) is 0 Å². The lowest BCUT2D eigenvalue weighted by Crippen LogP contribution is -2.00. The number of hydrogen-bond acceptors (Lipinski definition) is 2. The summed E-state index contributed by atoms with van der Waals surface area (Å²) in [4.78, 5) is 0. The van der Waals surface area contributed by atoms with E-state index in [4.69, 9.17) is 0 Å². The van der Waals surface area contributed by atoms with Gasteiger partial charge < -0.3 is 0 Å². The minimum absolute atomic E-state index is 0.447. The van der Waals surface area contributed by atoms with Gasteiger partial charge in [-0.1, -0.05) is 88.4 Å². The molecule has 0 N–H and O–H groups in total. The van der Waals surface area contributed by atoms with E-state index in [1.807, 2.05) is 6.21 Å². The van der Waals surface area contributed by atoms with Gasteiger partial charge in [-0.2, -0.15) is 5.10 Å². The van der Waals surface area contributed by atoms with Crippen molar-refractivity contribution in [3.63, 3.8) is 0 Å². The van der Waals surface area contributed by atoms with Crippen LogP contribution < -0.4 is 0 Å². The molecule has 0 bridgehead atoms. The van der Waals surface area contributed by atoms with E-state index in [-0.39, 0.29) is 0 Å². The quantitative estimate of drug-likeness (QED) is 0.281. The lowest BCUT2D eigenvalue weighted by atomic mass is 9.92. The van der Waals surface area contributed by atoms with Crippen molar-refractivity contribution in [2.45, 2.75) is 39.5 Å². The highest BCUT2D eigenvalue weighted by atomic mass is 15.2. The fraction of sp³-hybridized carbons (Fsp3) is 0.231. The topological polar surface area (TPSA) is 24.7 Å². The van der Waals surface area contributed by atoms with E-state index in [2.05, 4.69) is 105 Å². The molecule has 3 aromatic carbocycles. The summed E-state index contributed by atoms with van der Waals surface area (Å²) in [5, 5.41) is 9.19. The van der Waals surface area contributed by atoms with Crippen LogP contribution in [-0.2, 0) is 0 Å². The molecule has 0 amide bonds. The maximum Gasteiger partial charge on any atom is 0.101 e. The van der Waals surface area contributed by atoms with Gasteiger partial charge in [0.15, 0.2) is 0 Å². The average molecular weight is 367 g/mol. The summed E-state index contributed by atoms with van der Waals surface area (Å²) in [5.41, 5.74) is 9.52. The van der Waals surface area contributed by atoms with Crippen molar-refractivity contribution >= 4 is 11.9 Å². The Balaban J connectivity index is 1.76. The van der Waals surface area contributed by atoms with Crippen LogP contribution in [-0.4, -0.2) is 11.9 Å². The van der Waals surface area contributed by atoms with Gasteiger partial charge in [-0.05, 0) is 45.7 Å². The molecular formula is C26H26N2. The zero-order chi connectivity index (χ0) is 19.7. The first kappa shape index (κ1) is 18.4. The van der Waals surface area contributed by atoms with Gasteiger partial charge in [0.1, 0.15) is 5.71 Å².